The topological polar surface area (TPSA) is 174 Å². The summed E-state index contributed by atoms with van der Waals surface area (Å²) in [7, 11) is -10.1. The number of hydrogen-bond acceptors (Lipinski definition) is 6. The Kier molecular flexibility index (Phi) is 6.94. The molecule has 12 heteroatoms. The van der Waals surface area contributed by atoms with E-state index in [-0.39, 0.29) is 11.5 Å². The van der Waals surface area contributed by atoms with E-state index in [1.807, 2.05) is 0 Å². The standard InChI is InChI=1S/C12H10O3.H4O7P2/c13-9-1-5-11(6-2-9)15-12-7-3-10(14)4-8-12;1-8(2,3)7-9(4,5)6/h1-8,13-14H;(H2,1,2,3)(H2,4,5,6). The Morgan fingerprint density at radius 1 is 0.625 bits per heavy atom. The zero-order valence-electron chi connectivity index (χ0n) is 11.8. The highest BCUT2D eigenvalue weighted by Crippen LogP contribution is 2.53. The lowest BCUT2D eigenvalue weighted by atomic mass is 10.3. The highest BCUT2D eigenvalue weighted by atomic mass is 31.3. The number of benzene rings is 2. The summed E-state index contributed by atoms with van der Waals surface area (Å²) in [5, 5.41) is 18.1. The minimum atomic E-state index is -5.05. The number of aromatic hydroxyl groups is 2. The van der Waals surface area contributed by atoms with Gasteiger partial charge in [-0.05, 0) is 48.5 Å². The molecular formula is C12H14O10P2. The predicted octanol–water partition coefficient (Wildman–Crippen LogP) is 2.08. The van der Waals surface area contributed by atoms with E-state index in [4.69, 9.17) is 34.5 Å². The molecule has 0 aromatic heterocycles. The summed E-state index contributed by atoms with van der Waals surface area (Å²) >= 11 is 0. The van der Waals surface area contributed by atoms with Crippen molar-refractivity contribution in [3.63, 3.8) is 0 Å². The van der Waals surface area contributed by atoms with Gasteiger partial charge in [-0.1, -0.05) is 0 Å². The molecule has 0 aliphatic rings. The van der Waals surface area contributed by atoms with Gasteiger partial charge >= 0.3 is 15.6 Å². The van der Waals surface area contributed by atoms with Crippen molar-refractivity contribution in [1.29, 1.82) is 0 Å². The smallest absolute Gasteiger partial charge is 0.478 e. The van der Waals surface area contributed by atoms with Gasteiger partial charge in [0, 0.05) is 0 Å². The highest BCUT2D eigenvalue weighted by Gasteiger charge is 2.27. The Morgan fingerprint density at radius 3 is 1.12 bits per heavy atom. The van der Waals surface area contributed by atoms with E-state index in [1.165, 1.54) is 0 Å². The van der Waals surface area contributed by atoms with Gasteiger partial charge in [-0.25, -0.2) is 9.13 Å². The summed E-state index contributed by atoms with van der Waals surface area (Å²) in [5.74, 6) is 1.68. The molecule has 0 amide bonds. The second kappa shape index (κ2) is 8.27. The van der Waals surface area contributed by atoms with Gasteiger partial charge in [-0.15, -0.1) is 0 Å². The molecule has 10 nitrogen and oxygen atoms in total. The fourth-order valence-corrected chi connectivity index (χ4v) is 2.41. The van der Waals surface area contributed by atoms with Crippen LogP contribution >= 0.6 is 15.6 Å². The molecule has 0 radical (unpaired) electrons. The molecule has 0 unspecified atom stereocenters. The van der Waals surface area contributed by atoms with Gasteiger partial charge < -0.3 is 34.5 Å². The Labute approximate surface area is 136 Å². The average molecular weight is 380 g/mol. The van der Waals surface area contributed by atoms with E-state index < -0.39 is 15.6 Å². The first-order valence-electron chi connectivity index (χ1n) is 6.03. The summed E-state index contributed by atoms with van der Waals surface area (Å²) in [5.41, 5.74) is 0. The van der Waals surface area contributed by atoms with Crippen LogP contribution in [0, 0.1) is 0 Å². The van der Waals surface area contributed by atoms with Crippen LogP contribution in [0.25, 0.3) is 0 Å². The molecule has 0 bridgehead atoms. The fourth-order valence-electron chi connectivity index (χ4n) is 1.30. The first-order chi connectivity index (χ1) is 10.9. The Balaban J connectivity index is 0.000000277. The third-order valence-electron chi connectivity index (χ3n) is 2.12. The first-order valence-corrected chi connectivity index (χ1v) is 9.09. The maximum absolute atomic E-state index is 9.63. The van der Waals surface area contributed by atoms with Gasteiger partial charge in [-0.2, -0.15) is 4.31 Å². The zero-order chi connectivity index (χ0) is 18.4. The van der Waals surface area contributed by atoms with Crippen molar-refractivity contribution in [2.75, 3.05) is 0 Å². The number of hydrogen-bond donors (Lipinski definition) is 6. The summed E-state index contributed by atoms with van der Waals surface area (Å²) in [6, 6.07) is 12.9. The van der Waals surface area contributed by atoms with Gasteiger partial charge in [-0.3, -0.25) is 0 Å². The molecule has 2 rings (SSSR count). The minimum absolute atomic E-state index is 0.202. The molecule has 2 aromatic rings. The quantitative estimate of drug-likeness (QED) is 0.431. The Bertz CT molecular complexity index is 668. The predicted molar refractivity (Wildman–Crippen MR) is 81.5 cm³/mol. The van der Waals surface area contributed by atoms with Crippen LogP contribution in [0.4, 0.5) is 0 Å². The molecule has 2 aromatic carbocycles. The van der Waals surface area contributed by atoms with E-state index in [0.29, 0.717) is 11.5 Å². The van der Waals surface area contributed by atoms with E-state index in [1.54, 1.807) is 48.5 Å². The number of phosphoric acid groups is 2. The molecule has 0 aliphatic heterocycles. The molecule has 0 saturated carbocycles. The monoisotopic (exact) mass is 380 g/mol. The molecule has 0 heterocycles. The van der Waals surface area contributed by atoms with Gasteiger partial charge in [0.25, 0.3) is 0 Å². The number of phenols is 2. The first kappa shape index (κ1) is 20.1. The molecule has 0 spiro atoms. The molecule has 0 aliphatic carbocycles. The fraction of sp³-hybridized carbons (Fsp3) is 0. The zero-order valence-corrected chi connectivity index (χ0v) is 13.6. The van der Waals surface area contributed by atoms with Crippen LogP contribution in [0.5, 0.6) is 23.0 Å². The van der Waals surface area contributed by atoms with Crippen molar-refractivity contribution in [2.24, 2.45) is 0 Å². The van der Waals surface area contributed by atoms with Crippen molar-refractivity contribution in [1.82, 2.24) is 0 Å². The van der Waals surface area contributed by atoms with E-state index in [9.17, 15) is 9.13 Å². The van der Waals surface area contributed by atoms with Crippen molar-refractivity contribution in [2.45, 2.75) is 0 Å². The van der Waals surface area contributed by atoms with Gasteiger partial charge in [0.1, 0.15) is 23.0 Å². The Hall–Kier alpha value is -1.90. The van der Waals surface area contributed by atoms with Gasteiger partial charge in [0.2, 0.25) is 0 Å². The van der Waals surface area contributed by atoms with Crippen LogP contribution in [0.3, 0.4) is 0 Å². The molecule has 0 saturated heterocycles. The summed E-state index contributed by atoms with van der Waals surface area (Å²) < 4.78 is 27.7. The second-order valence-corrected chi connectivity index (χ2v) is 6.77. The van der Waals surface area contributed by atoms with Crippen LogP contribution in [-0.2, 0) is 13.4 Å². The lowest BCUT2D eigenvalue weighted by Crippen LogP contribution is -1.84. The van der Waals surface area contributed by atoms with E-state index in [2.05, 4.69) is 4.31 Å². The summed E-state index contributed by atoms with van der Waals surface area (Å²) in [4.78, 5) is 31.0. The maximum Gasteiger partial charge on any atom is 0.478 e. The molecule has 132 valence electrons. The van der Waals surface area contributed by atoms with Crippen molar-refractivity contribution < 1.29 is 48.0 Å². The molecule has 0 fully saturated rings. The lowest BCUT2D eigenvalue weighted by molar-refractivity contribution is 0.225. The van der Waals surface area contributed by atoms with E-state index >= 15 is 0 Å². The van der Waals surface area contributed by atoms with Gasteiger partial charge in [0.05, 0.1) is 0 Å². The van der Waals surface area contributed by atoms with Crippen LogP contribution in [0.15, 0.2) is 48.5 Å². The van der Waals surface area contributed by atoms with Crippen LogP contribution in [0.2, 0.25) is 0 Å². The van der Waals surface area contributed by atoms with Gasteiger partial charge in [0.15, 0.2) is 0 Å². The maximum atomic E-state index is 9.63. The largest absolute Gasteiger partial charge is 0.508 e. The van der Waals surface area contributed by atoms with Crippen LogP contribution < -0.4 is 4.74 Å². The molecule has 0 atom stereocenters. The minimum Gasteiger partial charge on any atom is -0.508 e. The van der Waals surface area contributed by atoms with Crippen LogP contribution in [0.1, 0.15) is 0 Å². The molecule has 6 N–H and O–H groups in total. The van der Waals surface area contributed by atoms with E-state index in [0.717, 1.165) is 0 Å². The third kappa shape index (κ3) is 9.29. The number of ether oxygens (including phenoxy) is 1. The SMILES string of the molecule is O=P(O)(O)OP(=O)(O)O.Oc1ccc(Oc2ccc(O)cc2)cc1. The second-order valence-electron chi connectivity index (χ2n) is 4.15. The normalized spacial score (nSPS) is 11.3. The number of phenolic OH excluding ortho intramolecular Hbond substituents is 2. The van der Waals surface area contributed by atoms with Crippen LogP contribution in [-0.4, -0.2) is 29.8 Å². The lowest BCUT2D eigenvalue weighted by Gasteiger charge is -2.05. The summed E-state index contributed by atoms with van der Waals surface area (Å²) in [6.45, 7) is 0. The number of rotatable bonds is 4. The molecule has 24 heavy (non-hydrogen) atoms. The highest BCUT2D eigenvalue weighted by molar-refractivity contribution is 7.60. The third-order valence-corrected chi connectivity index (χ3v) is 3.82. The van der Waals surface area contributed by atoms with Crippen molar-refractivity contribution in [3.8, 4) is 23.0 Å². The average Bonchev–Trinajstić information content (AvgIpc) is 2.40. The Morgan fingerprint density at radius 2 is 0.917 bits per heavy atom. The summed E-state index contributed by atoms with van der Waals surface area (Å²) in [6.07, 6.45) is 0. The molecular weight excluding hydrogens is 366 g/mol. The van der Waals surface area contributed by atoms with Crippen molar-refractivity contribution >= 4 is 15.6 Å². The van der Waals surface area contributed by atoms with Crippen molar-refractivity contribution in [3.05, 3.63) is 48.5 Å².